The first-order valence-corrected chi connectivity index (χ1v) is 7.18. The Labute approximate surface area is 109 Å². The van der Waals surface area contributed by atoms with Gasteiger partial charge in [-0.15, -0.1) is 0 Å². The molecule has 2 atom stereocenters. The molecule has 4 N–H and O–H groups in total. The van der Waals surface area contributed by atoms with Crippen LogP contribution in [0.4, 0.5) is 0 Å². The van der Waals surface area contributed by atoms with Crippen molar-refractivity contribution in [2.45, 2.75) is 50.4 Å². The first kappa shape index (κ1) is 12.2. The lowest BCUT2D eigenvalue weighted by atomic mass is 9.92. The van der Waals surface area contributed by atoms with Crippen molar-refractivity contribution < 1.29 is 0 Å². The van der Waals surface area contributed by atoms with Crippen molar-refractivity contribution in [2.24, 2.45) is 5.73 Å². The Hall–Kier alpha value is -0.900. The molecular formula is C15H23N3. The quantitative estimate of drug-likeness (QED) is 0.759. The maximum Gasteiger partial charge on any atom is 0.0840 e. The Morgan fingerprint density at radius 2 is 1.61 bits per heavy atom. The molecule has 0 spiro atoms. The number of nitrogens with one attached hydrogen (secondary N) is 2. The predicted molar refractivity (Wildman–Crippen MR) is 74.3 cm³/mol. The molecule has 0 radical (unpaired) electrons. The highest BCUT2D eigenvalue weighted by Gasteiger charge is 2.34. The third kappa shape index (κ3) is 2.44. The largest absolute Gasteiger partial charge is 0.330 e. The Kier molecular flexibility index (Phi) is 3.64. The van der Waals surface area contributed by atoms with Crippen molar-refractivity contribution in [3.05, 3.63) is 35.4 Å². The molecular weight excluding hydrogens is 222 g/mol. The smallest absolute Gasteiger partial charge is 0.0840 e. The molecule has 0 aromatic heterocycles. The second-order valence-electron chi connectivity index (χ2n) is 5.54. The van der Waals surface area contributed by atoms with E-state index in [2.05, 4.69) is 34.9 Å². The van der Waals surface area contributed by atoms with Crippen molar-refractivity contribution in [1.29, 1.82) is 0 Å². The fraction of sp³-hybridized carbons (Fsp3) is 0.600. The van der Waals surface area contributed by atoms with E-state index >= 15 is 0 Å². The second-order valence-corrected chi connectivity index (χ2v) is 5.54. The van der Waals surface area contributed by atoms with Crippen LogP contribution in [0.15, 0.2) is 24.3 Å². The Bertz CT molecular complexity index is 373. The average Bonchev–Trinajstić information content (AvgIpc) is 2.84. The van der Waals surface area contributed by atoms with Gasteiger partial charge in [-0.3, -0.25) is 10.6 Å². The first-order chi connectivity index (χ1) is 8.86. The van der Waals surface area contributed by atoms with E-state index in [1.807, 2.05) is 0 Å². The number of rotatable bonds is 3. The summed E-state index contributed by atoms with van der Waals surface area (Å²) in [5, 5.41) is 7.45. The van der Waals surface area contributed by atoms with Crippen LogP contribution in [0.5, 0.6) is 0 Å². The monoisotopic (exact) mass is 245 g/mol. The summed E-state index contributed by atoms with van der Waals surface area (Å²) in [6.45, 7) is 0.726. The molecule has 0 bridgehead atoms. The van der Waals surface area contributed by atoms with Crippen LogP contribution in [0.2, 0.25) is 0 Å². The summed E-state index contributed by atoms with van der Waals surface area (Å²) in [6.07, 6.45) is 6.69. The maximum atomic E-state index is 5.58. The van der Waals surface area contributed by atoms with Crippen molar-refractivity contribution in [1.82, 2.24) is 10.6 Å². The maximum absolute atomic E-state index is 5.58. The normalized spacial score (nSPS) is 28.3. The molecule has 3 rings (SSSR count). The van der Waals surface area contributed by atoms with Gasteiger partial charge in [-0.25, -0.2) is 0 Å². The van der Waals surface area contributed by atoms with E-state index < -0.39 is 0 Å². The van der Waals surface area contributed by atoms with Gasteiger partial charge in [0.1, 0.15) is 0 Å². The van der Waals surface area contributed by atoms with Gasteiger partial charge in [-0.2, -0.15) is 0 Å². The molecule has 18 heavy (non-hydrogen) atoms. The summed E-state index contributed by atoms with van der Waals surface area (Å²) in [7, 11) is 0. The molecule has 0 amide bonds. The zero-order valence-electron chi connectivity index (χ0n) is 10.9. The van der Waals surface area contributed by atoms with E-state index in [1.165, 1.54) is 36.8 Å². The highest BCUT2D eigenvalue weighted by Crippen LogP contribution is 2.28. The number of hydrogen-bond donors (Lipinski definition) is 3. The molecule has 0 unspecified atom stereocenters. The van der Waals surface area contributed by atoms with E-state index in [1.54, 1.807) is 0 Å². The lowest BCUT2D eigenvalue weighted by molar-refractivity contribution is 0.374. The topological polar surface area (TPSA) is 50.1 Å². The van der Waals surface area contributed by atoms with Crippen molar-refractivity contribution in [3.63, 3.8) is 0 Å². The summed E-state index contributed by atoms with van der Waals surface area (Å²) in [5.74, 6) is 0. The lowest BCUT2D eigenvalue weighted by Gasteiger charge is -2.23. The second kappa shape index (κ2) is 5.39. The van der Waals surface area contributed by atoms with E-state index in [9.17, 15) is 0 Å². The molecule has 1 aromatic rings. The number of benzene rings is 1. The van der Waals surface area contributed by atoms with Crippen molar-refractivity contribution >= 4 is 0 Å². The van der Waals surface area contributed by atoms with Gasteiger partial charge in [0.25, 0.3) is 0 Å². The van der Waals surface area contributed by atoms with E-state index in [0.29, 0.717) is 18.2 Å². The molecule has 1 aliphatic heterocycles. The Morgan fingerprint density at radius 3 is 2.17 bits per heavy atom. The molecule has 1 saturated heterocycles. The minimum absolute atomic E-state index is 0.338. The minimum Gasteiger partial charge on any atom is -0.330 e. The molecule has 1 saturated carbocycles. The van der Waals surface area contributed by atoms with Crippen LogP contribution in [-0.2, 0) is 6.42 Å². The van der Waals surface area contributed by atoms with Crippen molar-refractivity contribution in [3.8, 4) is 0 Å². The Balaban J connectivity index is 1.68. The van der Waals surface area contributed by atoms with Gasteiger partial charge in [-0.05, 0) is 36.9 Å². The predicted octanol–water partition coefficient (Wildman–Crippen LogP) is 1.69. The molecule has 1 heterocycles. The summed E-state index contributed by atoms with van der Waals surface area (Å²) in [4.78, 5) is 0. The minimum atomic E-state index is 0.338. The van der Waals surface area contributed by atoms with Gasteiger partial charge in [0.2, 0.25) is 0 Å². The van der Waals surface area contributed by atoms with E-state index in [4.69, 9.17) is 5.73 Å². The zero-order chi connectivity index (χ0) is 12.4. The molecule has 1 aliphatic carbocycles. The van der Waals surface area contributed by atoms with Crippen LogP contribution < -0.4 is 16.4 Å². The van der Waals surface area contributed by atoms with Gasteiger partial charge in [0.05, 0.1) is 6.17 Å². The van der Waals surface area contributed by atoms with Crippen LogP contribution in [0, 0.1) is 0 Å². The fourth-order valence-corrected chi connectivity index (χ4v) is 3.24. The third-order valence-corrected chi connectivity index (χ3v) is 4.27. The summed E-state index contributed by atoms with van der Waals surface area (Å²) in [5.41, 5.74) is 8.26. The van der Waals surface area contributed by atoms with Crippen LogP contribution >= 0.6 is 0 Å². The highest BCUT2D eigenvalue weighted by molar-refractivity contribution is 5.26. The van der Waals surface area contributed by atoms with Gasteiger partial charge in [0.15, 0.2) is 0 Å². The third-order valence-electron chi connectivity index (χ3n) is 4.27. The summed E-state index contributed by atoms with van der Waals surface area (Å²) in [6, 6.07) is 10.2. The molecule has 98 valence electrons. The van der Waals surface area contributed by atoms with Gasteiger partial charge in [-0.1, -0.05) is 37.1 Å². The van der Waals surface area contributed by atoms with Crippen LogP contribution in [-0.4, -0.2) is 18.6 Å². The van der Waals surface area contributed by atoms with Crippen molar-refractivity contribution in [2.75, 3.05) is 6.54 Å². The lowest BCUT2D eigenvalue weighted by Crippen LogP contribution is -2.36. The van der Waals surface area contributed by atoms with Crippen LogP contribution in [0.3, 0.4) is 0 Å². The average molecular weight is 245 g/mol. The molecule has 2 fully saturated rings. The first-order valence-electron chi connectivity index (χ1n) is 7.18. The van der Waals surface area contributed by atoms with Crippen LogP contribution in [0.1, 0.15) is 43.0 Å². The summed E-state index contributed by atoms with van der Waals surface area (Å²) >= 11 is 0. The fourth-order valence-electron chi connectivity index (χ4n) is 3.24. The Morgan fingerprint density at radius 1 is 1.00 bits per heavy atom. The zero-order valence-corrected chi connectivity index (χ0v) is 10.9. The molecule has 3 heteroatoms. The summed E-state index contributed by atoms with van der Waals surface area (Å²) < 4.78 is 0. The molecule has 3 nitrogen and oxygen atoms in total. The SMILES string of the molecule is NCCc1ccc(C2N[C@@H]3CCCC[C@H]3N2)cc1. The number of nitrogens with two attached hydrogens (primary N) is 1. The van der Waals surface area contributed by atoms with E-state index in [0.717, 1.165) is 13.0 Å². The molecule has 2 aliphatic rings. The molecule has 1 aromatic carbocycles. The van der Waals surface area contributed by atoms with Gasteiger partial charge in [0, 0.05) is 12.1 Å². The van der Waals surface area contributed by atoms with E-state index in [-0.39, 0.29) is 0 Å². The van der Waals surface area contributed by atoms with Gasteiger partial charge >= 0.3 is 0 Å². The van der Waals surface area contributed by atoms with Crippen LogP contribution in [0.25, 0.3) is 0 Å². The highest BCUT2D eigenvalue weighted by atomic mass is 15.2. The number of fused-ring (bicyclic) bond motifs is 1. The standard InChI is InChI=1S/C15H23N3/c16-10-9-11-5-7-12(8-6-11)15-17-13-3-1-2-4-14(13)18-15/h5-8,13-15,17-18H,1-4,9-10,16H2/t13-,14-/m1/s1. The number of hydrogen-bond acceptors (Lipinski definition) is 3. The van der Waals surface area contributed by atoms with Gasteiger partial charge < -0.3 is 5.73 Å².